The molecule has 42 heavy (non-hydrogen) atoms. The third-order valence-electron chi connectivity index (χ3n) is 7.41. The summed E-state index contributed by atoms with van der Waals surface area (Å²) in [5.41, 5.74) is 1.20. The molecule has 216 valence electrons. The second-order valence-corrected chi connectivity index (χ2v) is 10.1. The van der Waals surface area contributed by atoms with E-state index in [2.05, 4.69) is 10.1 Å². The second kappa shape index (κ2) is 10.5. The van der Waals surface area contributed by atoms with Gasteiger partial charge >= 0.3 is 12.1 Å². The number of nitrogens with zero attached hydrogens (tertiary/aromatic N) is 4. The largest absolute Gasteiger partial charge is 0.491 e. The van der Waals surface area contributed by atoms with Gasteiger partial charge in [0.05, 0.1) is 41.1 Å². The van der Waals surface area contributed by atoms with Gasteiger partial charge in [-0.3, -0.25) is 9.78 Å². The number of benzene rings is 2. The molecule has 0 saturated heterocycles. The number of ether oxygens (including phenoxy) is 2. The highest BCUT2D eigenvalue weighted by molar-refractivity contribution is 6.06. The Bertz CT molecular complexity index is 1680. The first-order chi connectivity index (χ1) is 20.1. The monoisotopic (exact) mass is 578 g/mol. The molecule has 1 amide bonds. The molecule has 0 saturated carbocycles. The Morgan fingerprint density at radius 1 is 1.10 bits per heavy atom. The molecule has 4 aromatic rings. The van der Waals surface area contributed by atoms with Gasteiger partial charge in [0.15, 0.2) is 5.69 Å². The predicted molar refractivity (Wildman–Crippen MR) is 144 cm³/mol. The first-order valence-corrected chi connectivity index (χ1v) is 13.3. The van der Waals surface area contributed by atoms with Crippen LogP contribution < -0.4 is 14.4 Å². The number of hydrogen-bond donors (Lipinski definition) is 1. The van der Waals surface area contributed by atoms with Crippen LogP contribution in [-0.2, 0) is 19.0 Å². The Balaban J connectivity index is 1.36. The van der Waals surface area contributed by atoms with Crippen molar-refractivity contribution in [2.45, 2.75) is 38.0 Å². The summed E-state index contributed by atoms with van der Waals surface area (Å²) >= 11 is 0. The van der Waals surface area contributed by atoms with Crippen LogP contribution in [0.3, 0.4) is 0 Å². The number of pyridine rings is 1. The van der Waals surface area contributed by atoms with Crippen molar-refractivity contribution in [1.29, 1.82) is 0 Å². The lowest BCUT2D eigenvalue weighted by Gasteiger charge is -2.26. The van der Waals surface area contributed by atoms with Gasteiger partial charge in [0.1, 0.15) is 17.6 Å². The van der Waals surface area contributed by atoms with Crippen molar-refractivity contribution in [1.82, 2.24) is 14.8 Å². The number of alkyl halides is 3. The Labute approximate surface area is 238 Å². The number of fused-ring (bicyclic) bond motifs is 2. The van der Waals surface area contributed by atoms with E-state index in [0.717, 1.165) is 5.69 Å². The maximum Gasteiger partial charge on any atom is 0.435 e. The maximum atomic E-state index is 14.1. The number of aromatic carboxylic acids is 1. The fraction of sp³-hybridized carbons (Fsp3) is 0.267. The molecule has 12 heteroatoms. The smallest absolute Gasteiger partial charge is 0.435 e. The van der Waals surface area contributed by atoms with Crippen LogP contribution in [0.4, 0.5) is 18.9 Å². The van der Waals surface area contributed by atoms with Crippen molar-refractivity contribution in [3.63, 3.8) is 0 Å². The van der Waals surface area contributed by atoms with E-state index in [1.54, 1.807) is 37.5 Å². The number of carbonyl (C=O) groups excluding carboxylic acids is 1. The third kappa shape index (κ3) is 5.04. The van der Waals surface area contributed by atoms with E-state index in [9.17, 15) is 27.9 Å². The summed E-state index contributed by atoms with van der Waals surface area (Å²) in [5, 5.41) is 13.2. The van der Waals surface area contributed by atoms with Gasteiger partial charge in [0, 0.05) is 30.7 Å². The normalized spacial score (nSPS) is 15.9. The molecule has 2 aromatic heterocycles. The minimum absolute atomic E-state index is 0.0407. The lowest BCUT2D eigenvalue weighted by atomic mass is 9.92. The molecule has 2 aliphatic rings. The van der Waals surface area contributed by atoms with Gasteiger partial charge in [0.25, 0.3) is 5.91 Å². The standard InChI is InChI=1S/C30H25F3N4O5/c1-36(20-15-25-23(34-16-20)12-13-41-25)28(38)18-4-2-5-19(14-18)37-26-22(27(35-37)30(31,32)33)6-3-7-24(26)42-21-10-8-17(9-11-21)29(39)40/h2,4-5,8-11,14-16,24H,3,6-7,12-13H2,1H3,(H,39,40)/t24-/m0/s1. The van der Waals surface area contributed by atoms with Crippen LogP contribution in [0.1, 0.15) is 62.3 Å². The van der Waals surface area contributed by atoms with Crippen LogP contribution in [0, 0.1) is 0 Å². The Hall–Kier alpha value is -4.87. The van der Waals surface area contributed by atoms with Crippen molar-refractivity contribution in [3.8, 4) is 17.2 Å². The molecule has 0 unspecified atom stereocenters. The minimum atomic E-state index is -4.70. The number of hydrogen-bond acceptors (Lipinski definition) is 6. The zero-order valence-electron chi connectivity index (χ0n) is 22.4. The molecule has 6 rings (SSSR count). The average Bonchev–Trinajstić information content (AvgIpc) is 3.62. The Morgan fingerprint density at radius 2 is 1.88 bits per heavy atom. The van der Waals surface area contributed by atoms with Crippen LogP contribution in [0.2, 0.25) is 0 Å². The van der Waals surface area contributed by atoms with E-state index in [-0.39, 0.29) is 40.4 Å². The molecule has 0 fully saturated rings. The topological polar surface area (TPSA) is 107 Å². The van der Waals surface area contributed by atoms with E-state index in [1.807, 2.05) is 0 Å². The van der Waals surface area contributed by atoms with Gasteiger partial charge in [0.2, 0.25) is 0 Å². The molecule has 9 nitrogen and oxygen atoms in total. The molecule has 0 spiro atoms. The molecular formula is C30H25F3N4O5. The number of halogens is 3. The second-order valence-electron chi connectivity index (χ2n) is 10.1. The van der Waals surface area contributed by atoms with Crippen LogP contribution >= 0.6 is 0 Å². The molecule has 1 aliphatic carbocycles. The van der Waals surface area contributed by atoms with Crippen molar-refractivity contribution in [3.05, 3.63) is 94.6 Å². The van der Waals surface area contributed by atoms with E-state index in [0.29, 0.717) is 43.1 Å². The summed E-state index contributed by atoms with van der Waals surface area (Å²) in [6.45, 7) is 0.526. The highest BCUT2D eigenvalue weighted by Crippen LogP contribution is 2.42. The summed E-state index contributed by atoms with van der Waals surface area (Å²) in [4.78, 5) is 30.4. The first-order valence-electron chi connectivity index (χ1n) is 13.3. The SMILES string of the molecule is CN(C(=O)c1cccc(-n2nc(C(F)(F)F)c3c2[C@@H](Oc2ccc(C(=O)O)cc2)CCC3)c1)c1cnc2c(c1)OCC2. The third-order valence-corrected chi connectivity index (χ3v) is 7.41. The van der Waals surface area contributed by atoms with Crippen molar-refractivity contribution in [2.75, 3.05) is 18.6 Å². The van der Waals surface area contributed by atoms with Crippen molar-refractivity contribution >= 4 is 17.6 Å². The Kier molecular flexibility index (Phi) is 6.83. The van der Waals surface area contributed by atoms with Gasteiger partial charge in [-0.05, 0) is 61.7 Å². The molecular weight excluding hydrogens is 553 g/mol. The first kappa shape index (κ1) is 27.3. The number of carboxylic acids is 1. The summed E-state index contributed by atoms with van der Waals surface area (Å²) in [6.07, 6.45) is -2.17. The molecule has 0 radical (unpaired) electrons. The molecule has 1 atom stereocenters. The fourth-order valence-electron chi connectivity index (χ4n) is 5.32. The van der Waals surface area contributed by atoms with Crippen molar-refractivity contribution < 1.29 is 37.3 Å². The summed E-state index contributed by atoms with van der Waals surface area (Å²) in [5.74, 6) is -0.556. The van der Waals surface area contributed by atoms with E-state index in [4.69, 9.17) is 9.47 Å². The fourth-order valence-corrected chi connectivity index (χ4v) is 5.32. The molecule has 2 aromatic carbocycles. The summed E-state index contributed by atoms with van der Waals surface area (Å²) < 4.78 is 55.2. The molecule has 1 aliphatic heterocycles. The average molecular weight is 579 g/mol. The molecule has 3 heterocycles. The van der Waals surface area contributed by atoms with Crippen LogP contribution in [-0.4, -0.2) is 45.4 Å². The van der Waals surface area contributed by atoms with Crippen LogP contribution in [0.5, 0.6) is 11.5 Å². The zero-order valence-corrected chi connectivity index (χ0v) is 22.4. The van der Waals surface area contributed by atoms with E-state index in [1.165, 1.54) is 39.9 Å². The lowest BCUT2D eigenvalue weighted by molar-refractivity contribution is -0.142. The zero-order chi connectivity index (χ0) is 29.6. The number of amides is 1. The molecule has 1 N–H and O–H groups in total. The number of carbonyl (C=O) groups is 2. The van der Waals surface area contributed by atoms with Gasteiger partial charge in [-0.25, -0.2) is 9.48 Å². The highest BCUT2D eigenvalue weighted by Gasteiger charge is 2.42. The highest BCUT2D eigenvalue weighted by atomic mass is 19.4. The van der Waals surface area contributed by atoms with Crippen LogP contribution in [0.25, 0.3) is 5.69 Å². The van der Waals surface area contributed by atoms with E-state index >= 15 is 0 Å². The predicted octanol–water partition coefficient (Wildman–Crippen LogP) is 5.65. The van der Waals surface area contributed by atoms with Gasteiger partial charge in [-0.15, -0.1) is 0 Å². The number of carboxylic acid groups (broad SMARTS) is 1. The van der Waals surface area contributed by atoms with Gasteiger partial charge in [-0.2, -0.15) is 18.3 Å². The number of aromatic nitrogens is 3. The van der Waals surface area contributed by atoms with E-state index < -0.39 is 23.9 Å². The van der Waals surface area contributed by atoms with Gasteiger partial charge in [-0.1, -0.05) is 6.07 Å². The lowest BCUT2D eigenvalue weighted by Crippen LogP contribution is -2.26. The van der Waals surface area contributed by atoms with Crippen LogP contribution in [0.15, 0.2) is 60.8 Å². The Morgan fingerprint density at radius 3 is 2.62 bits per heavy atom. The maximum absolute atomic E-state index is 14.1. The molecule has 0 bridgehead atoms. The number of rotatable bonds is 6. The number of anilines is 1. The van der Waals surface area contributed by atoms with Gasteiger partial charge < -0.3 is 19.5 Å². The summed E-state index contributed by atoms with van der Waals surface area (Å²) in [6, 6.07) is 13.7. The summed E-state index contributed by atoms with van der Waals surface area (Å²) in [7, 11) is 1.59. The quantitative estimate of drug-likeness (QED) is 0.315. The van der Waals surface area contributed by atoms with Crippen molar-refractivity contribution in [2.24, 2.45) is 0 Å². The minimum Gasteiger partial charge on any atom is -0.491 e.